The summed E-state index contributed by atoms with van der Waals surface area (Å²) in [4.78, 5) is 27.9. The number of ether oxygens (including phenoxy) is 1. The normalized spacial score (nSPS) is 12.3. The first kappa shape index (κ1) is 16.0. The van der Waals surface area contributed by atoms with Crippen LogP contribution in [0.1, 0.15) is 50.0 Å². The van der Waals surface area contributed by atoms with Crippen LogP contribution in [-0.4, -0.2) is 34.6 Å². The number of carbonyl (C=O) groups excluding carboxylic acids is 2. The lowest BCUT2D eigenvalue weighted by molar-refractivity contribution is -0.124. The molecule has 1 unspecified atom stereocenters. The zero-order valence-corrected chi connectivity index (χ0v) is 12.6. The van der Waals surface area contributed by atoms with Gasteiger partial charge in [-0.15, -0.1) is 0 Å². The van der Waals surface area contributed by atoms with Gasteiger partial charge in [0.25, 0.3) is 0 Å². The maximum absolute atomic E-state index is 12.1. The van der Waals surface area contributed by atoms with Gasteiger partial charge in [0.05, 0.1) is 7.11 Å². The number of aromatic nitrogens is 2. The predicted octanol–water partition coefficient (Wildman–Crippen LogP) is 0.900. The molecule has 0 bridgehead atoms. The van der Waals surface area contributed by atoms with Crippen molar-refractivity contribution in [2.45, 2.75) is 46.2 Å². The molecule has 1 atom stereocenters. The third kappa shape index (κ3) is 3.09. The van der Waals surface area contributed by atoms with Gasteiger partial charge in [-0.1, -0.05) is 6.92 Å². The van der Waals surface area contributed by atoms with E-state index < -0.39 is 12.0 Å². The average molecular weight is 282 g/mol. The predicted molar refractivity (Wildman–Crippen MR) is 75.3 cm³/mol. The molecule has 0 fully saturated rings. The van der Waals surface area contributed by atoms with Crippen molar-refractivity contribution in [3.05, 3.63) is 11.5 Å². The zero-order chi connectivity index (χ0) is 15.4. The second-order valence-corrected chi connectivity index (χ2v) is 4.82. The Morgan fingerprint density at radius 2 is 2.00 bits per heavy atom. The lowest BCUT2D eigenvalue weighted by Gasteiger charge is -2.18. The van der Waals surface area contributed by atoms with E-state index in [1.165, 1.54) is 7.11 Å². The number of carbonyl (C=O) groups is 2. The van der Waals surface area contributed by atoms with Gasteiger partial charge < -0.3 is 20.4 Å². The SMILES string of the molecule is CCc1nc(C(=O)OC)c(N)n1C(C)C(=O)NC(C)C. The Morgan fingerprint density at radius 3 is 2.45 bits per heavy atom. The minimum atomic E-state index is -0.604. The number of hydrogen-bond acceptors (Lipinski definition) is 5. The van der Waals surface area contributed by atoms with Gasteiger partial charge in [0.15, 0.2) is 5.69 Å². The van der Waals surface area contributed by atoms with Crippen molar-refractivity contribution in [1.29, 1.82) is 0 Å². The summed E-state index contributed by atoms with van der Waals surface area (Å²) >= 11 is 0. The number of nitrogens with two attached hydrogens (primary N) is 1. The van der Waals surface area contributed by atoms with E-state index in [1.54, 1.807) is 11.5 Å². The molecule has 1 heterocycles. The first-order valence-electron chi connectivity index (χ1n) is 6.58. The molecule has 1 aromatic heterocycles. The third-order valence-corrected chi connectivity index (χ3v) is 2.91. The van der Waals surface area contributed by atoms with E-state index in [-0.39, 0.29) is 23.5 Å². The molecule has 20 heavy (non-hydrogen) atoms. The molecule has 0 aromatic carbocycles. The summed E-state index contributed by atoms with van der Waals surface area (Å²) in [5.74, 6) is -0.0444. The summed E-state index contributed by atoms with van der Waals surface area (Å²) < 4.78 is 6.21. The lowest BCUT2D eigenvalue weighted by atomic mass is 10.2. The number of amides is 1. The molecule has 1 rings (SSSR count). The third-order valence-electron chi connectivity index (χ3n) is 2.91. The molecule has 1 amide bonds. The molecular weight excluding hydrogens is 260 g/mol. The highest BCUT2D eigenvalue weighted by Gasteiger charge is 2.26. The van der Waals surface area contributed by atoms with Crippen LogP contribution in [0.4, 0.5) is 5.82 Å². The maximum atomic E-state index is 12.1. The largest absolute Gasteiger partial charge is 0.464 e. The molecule has 0 aliphatic carbocycles. The summed E-state index contributed by atoms with van der Waals surface area (Å²) in [5.41, 5.74) is 5.99. The molecule has 112 valence electrons. The number of nitrogens with zero attached hydrogens (tertiary/aromatic N) is 2. The van der Waals surface area contributed by atoms with Crippen LogP contribution in [-0.2, 0) is 16.0 Å². The first-order valence-corrected chi connectivity index (χ1v) is 6.58. The summed E-state index contributed by atoms with van der Waals surface area (Å²) in [6.45, 7) is 7.35. The van der Waals surface area contributed by atoms with E-state index in [2.05, 4.69) is 15.0 Å². The fraction of sp³-hybridized carbons (Fsp3) is 0.615. The Bertz CT molecular complexity index is 508. The van der Waals surface area contributed by atoms with E-state index in [9.17, 15) is 9.59 Å². The number of rotatable bonds is 5. The van der Waals surface area contributed by atoms with Gasteiger partial charge in [-0.05, 0) is 20.8 Å². The average Bonchev–Trinajstić information content (AvgIpc) is 2.73. The van der Waals surface area contributed by atoms with Crippen molar-refractivity contribution in [3.63, 3.8) is 0 Å². The van der Waals surface area contributed by atoms with Gasteiger partial charge in [0, 0.05) is 12.5 Å². The van der Waals surface area contributed by atoms with Gasteiger partial charge in [-0.2, -0.15) is 0 Å². The van der Waals surface area contributed by atoms with Crippen molar-refractivity contribution in [2.75, 3.05) is 12.8 Å². The van der Waals surface area contributed by atoms with E-state index in [4.69, 9.17) is 5.73 Å². The number of hydrogen-bond donors (Lipinski definition) is 2. The zero-order valence-electron chi connectivity index (χ0n) is 12.6. The smallest absolute Gasteiger partial charge is 0.360 e. The topological polar surface area (TPSA) is 99.2 Å². The highest BCUT2D eigenvalue weighted by atomic mass is 16.5. The van der Waals surface area contributed by atoms with Gasteiger partial charge in [-0.3, -0.25) is 4.79 Å². The Hall–Kier alpha value is -2.05. The summed E-state index contributed by atoms with van der Waals surface area (Å²) in [7, 11) is 1.27. The standard InChI is InChI=1S/C13H22N4O3/c1-6-9-16-10(13(19)20-5)11(14)17(9)8(4)12(18)15-7(2)3/h7-8H,6,14H2,1-5H3,(H,15,18). The van der Waals surface area contributed by atoms with Crippen LogP contribution in [0.25, 0.3) is 0 Å². The molecule has 0 aliphatic rings. The van der Waals surface area contributed by atoms with Crippen molar-refractivity contribution >= 4 is 17.7 Å². The summed E-state index contributed by atoms with van der Waals surface area (Å²) in [6.07, 6.45) is 0.556. The molecule has 0 radical (unpaired) electrons. The number of methoxy groups -OCH3 is 1. The Morgan fingerprint density at radius 1 is 1.40 bits per heavy atom. The van der Waals surface area contributed by atoms with Crippen molar-refractivity contribution < 1.29 is 14.3 Å². The second-order valence-electron chi connectivity index (χ2n) is 4.82. The molecule has 7 nitrogen and oxygen atoms in total. The Kier molecular flexibility index (Phi) is 5.12. The molecule has 3 N–H and O–H groups in total. The molecule has 7 heteroatoms. The molecular formula is C13H22N4O3. The lowest BCUT2D eigenvalue weighted by Crippen LogP contribution is -2.36. The highest BCUT2D eigenvalue weighted by Crippen LogP contribution is 2.22. The second kappa shape index (κ2) is 6.40. The highest BCUT2D eigenvalue weighted by molar-refractivity contribution is 5.93. The first-order chi connectivity index (χ1) is 9.33. The number of nitrogens with one attached hydrogen (secondary N) is 1. The van der Waals surface area contributed by atoms with Crippen molar-refractivity contribution in [1.82, 2.24) is 14.9 Å². The van der Waals surface area contributed by atoms with Crippen molar-refractivity contribution in [3.8, 4) is 0 Å². The fourth-order valence-electron chi connectivity index (χ4n) is 1.94. The monoisotopic (exact) mass is 282 g/mol. The number of imidazole rings is 1. The van der Waals surface area contributed by atoms with Crippen LogP contribution >= 0.6 is 0 Å². The summed E-state index contributed by atoms with van der Waals surface area (Å²) in [6, 6.07) is -0.516. The van der Waals surface area contributed by atoms with E-state index >= 15 is 0 Å². The maximum Gasteiger partial charge on any atom is 0.360 e. The number of anilines is 1. The van der Waals surface area contributed by atoms with E-state index in [0.29, 0.717) is 12.2 Å². The van der Waals surface area contributed by atoms with Crippen LogP contribution in [0.2, 0.25) is 0 Å². The van der Waals surface area contributed by atoms with Crippen LogP contribution in [0, 0.1) is 0 Å². The van der Waals surface area contributed by atoms with Crippen molar-refractivity contribution in [2.24, 2.45) is 0 Å². The quantitative estimate of drug-likeness (QED) is 0.782. The van der Waals surface area contributed by atoms with E-state index in [1.807, 2.05) is 20.8 Å². The van der Waals surface area contributed by atoms with Crippen LogP contribution in [0.5, 0.6) is 0 Å². The number of esters is 1. The number of aryl methyl sites for hydroxylation is 1. The molecule has 0 saturated carbocycles. The number of nitrogen functional groups attached to an aromatic ring is 1. The van der Waals surface area contributed by atoms with Gasteiger partial charge in [0.2, 0.25) is 5.91 Å². The fourth-order valence-corrected chi connectivity index (χ4v) is 1.94. The summed E-state index contributed by atoms with van der Waals surface area (Å²) in [5, 5.41) is 2.81. The Balaban J connectivity index is 3.19. The van der Waals surface area contributed by atoms with Gasteiger partial charge in [-0.25, -0.2) is 9.78 Å². The minimum Gasteiger partial charge on any atom is -0.464 e. The van der Waals surface area contributed by atoms with Gasteiger partial charge in [0.1, 0.15) is 17.7 Å². The molecule has 0 saturated heterocycles. The van der Waals surface area contributed by atoms with Crippen LogP contribution in [0.15, 0.2) is 0 Å². The molecule has 1 aromatic rings. The van der Waals surface area contributed by atoms with Gasteiger partial charge >= 0.3 is 5.97 Å². The molecule has 0 aliphatic heterocycles. The minimum absolute atomic E-state index is 0.0276. The van der Waals surface area contributed by atoms with Crippen LogP contribution < -0.4 is 11.1 Å². The Labute approximate surface area is 118 Å². The molecule has 0 spiro atoms. The van der Waals surface area contributed by atoms with Crippen LogP contribution in [0.3, 0.4) is 0 Å². The van der Waals surface area contributed by atoms with E-state index in [0.717, 1.165) is 0 Å².